The lowest BCUT2D eigenvalue weighted by molar-refractivity contribution is -0.144. The maximum Gasteiger partial charge on any atom is 0.367 e. The number of halogens is 6. The van der Waals surface area contributed by atoms with Crippen LogP contribution in [0.1, 0.15) is 32.1 Å². The molecular weight excluding hydrogens is 436 g/mol. The number of alkyl halides is 3. The van der Waals surface area contributed by atoms with Crippen LogP contribution in [0.25, 0.3) is 0 Å². The van der Waals surface area contributed by atoms with Gasteiger partial charge in [0.15, 0.2) is 0 Å². The van der Waals surface area contributed by atoms with Crippen molar-refractivity contribution < 1.29 is 13.9 Å². The summed E-state index contributed by atoms with van der Waals surface area (Å²) in [4.78, 5) is 11.9. The van der Waals surface area contributed by atoms with Crippen LogP contribution in [0.5, 0.6) is 0 Å². The summed E-state index contributed by atoms with van der Waals surface area (Å²) < 4.78 is 14.7. The molecule has 0 N–H and O–H groups in total. The van der Waals surface area contributed by atoms with Crippen LogP contribution in [0.15, 0.2) is 22.4 Å². The molecule has 140 valence electrons. The summed E-state index contributed by atoms with van der Waals surface area (Å²) in [6.07, 6.45) is 3.64. The Morgan fingerprint density at radius 2 is 1.60 bits per heavy atom. The lowest BCUT2D eigenvalue weighted by atomic mass is 10.2. The number of rotatable bonds is 10. The molecule has 0 spiro atoms. The minimum atomic E-state index is -2.22. The van der Waals surface area contributed by atoms with Crippen LogP contribution in [0.2, 0.25) is 15.1 Å². The fourth-order valence-corrected chi connectivity index (χ4v) is 2.84. The summed E-state index contributed by atoms with van der Waals surface area (Å²) in [5.41, 5.74) is 0.0825. The van der Waals surface area contributed by atoms with E-state index in [1.54, 1.807) is 0 Å². The van der Waals surface area contributed by atoms with E-state index in [1.165, 1.54) is 12.1 Å². The summed E-state index contributed by atoms with van der Waals surface area (Å²) in [5, 5.41) is 7.85. The zero-order chi connectivity index (χ0) is 18.9. The highest BCUT2D eigenvalue weighted by molar-refractivity contribution is 6.57. The van der Waals surface area contributed by atoms with Crippen LogP contribution in [0.4, 0.5) is 10.1 Å². The Bertz CT molecular complexity index is 591. The number of ether oxygens (including phenoxy) is 1. The fourth-order valence-electron chi connectivity index (χ4n) is 1.76. The fraction of sp³-hybridized carbons (Fsp3) is 0.533. The third kappa shape index (κ3) is 8.27. The lowest BCUT2D eigenvalue weighted by Crippen LogP contribution is -2.26. The standard InChI is InChI=1S/C15H16Cl5FN2O2/c16-10-8-11(17)13(12(18)9-10)22-23-15(19,20)14(24)25-7-5-3-1-2-4-6-21/h8-9H,1-7H2. The SMILES string of the molecule is O=C(OCCCCCCCF)C(Cl)(Cl)N=Nc1c(Cl)cc(Cl)cc1Cl. The minimum Gasteiger partial charge on any atom is -0.462 e. The first-order valence-corrected chi connectivity index (χ1v) is 9.35. The topological polar surface area (TPSA) is 51.0 Å². The van der Waals surface area contributed by atoms with Gasteiger partial charge in [0.2, 0.25) is 0 Å². The van der Waals surface area contributed by atoms with Gasteiger partial charge < -0.3 is 4.74 Å². The summed E-state index contributed by atoms with van der Waals surface area (Å²) in [5.74, 6) is -0.954. The number of carbonyl (C=O) groups is 1. The van der Waals surface area contributed by atoms with Crippen LogP contribution in [-0.4, -0.2) is 23.7 Å². The molecule has 0 aliphatic carbocycles. The summed E-state index contributed by atoms with van der Waals surface area (Å²) in [6, 6.07) is 2.82. The molecule has 0 aromatic heterocycles. The van der Waals surface area contributed by atoms with Crippen molar-refractivity contribution in [3.05, 3.63) is 27.2 Å². The zero-order valence-corrected chi connectivity index (χ0v) is 16.9. The van der Waals surface area contributed by atoms with Crippen LogP contribution < -0.4 is 0 Å². The molecule has 1 aromatic rings. The molecule has 0 atom stereocenters. The molecule has 0 radical (unpaired) electrons. The third-order valence-electron chi connectivity index (χ3n) is 3.01. The smallest absolute Gasteiger partial charge is 0.367 e. The number of nitrogens with zero attached hydrogens (tertiary/aromatic N) is 2. The predicted molar refractivity (Wildman–Crippen MR) is 100 cm³/mol. The molecule has 0 fully saturated rings. The Labute approximate surface area is 170 Å². The Morgan fingerprint density at radius 1 is 1.04 bits per heavy atom. The zero-order valence-electron chi connectivity index (χ0n) is 13.1. The van der Waals surface area contributed by atoms with Gasteiger partial charge in [-0.15, -0.1) is 10.2 Å². The van der Waals surface area contributed by atoms with E-state index in [0.717, 1.165) is 19.3 Å². The van der Waals surface area contributed by atoms with Crippen molar-refractivity contribution >= 4 is 69.7 Å². The molecule has 1 rings (SSSR count). The van der Waals surface area contributed by atoms with Crippen molar-refractivity contribution in [1.82, 2.24) is 0 Å². The first kappa shape index (κ1) is 22.7. The van der Waals surface area contributed by atoms with Gasteiger partial charge in [0.05, 0.1) is 23.3 Å². The first-order chi connectivity index (χ1) is 11.8. The largest absolute Gasteiger partial charge is 0.462 e. The molecule has 1 aromatic carbocycles. The van der Waals surface area contributed by atoms with E-state index < -0.39 is 10.4 Å². The maximum atomic E-state index is 11.9. The van der Waals surface area contributed by atoms with Gasteiger partial charge in [0, 0.05) is 5.02 Å². The van der Waals surface area contributed by atoms with Crippen molar-refractivity contribution in [3.63, 3.8) is 0 Å². The monoisotopic (exact) mass is 450 g/mol. The lowest BCUT2D eigenvalue weighted by Gasteiger charge is -2.12. The second-order valence-electron chi connectivity index (χ2n) is 5.05. The first-order valence-electron chi connectivity index (χ1n) is 7.46. The van der Waals surface area contributed by atoms with E-state index in [9.17, 15) is 9.18 Å². The Hall–Kier alpha value is -0.330. The van der Waals surface area contributed by atoms with Gasteiger partial charge in [0.25, 0.3) is 0 Å². The molecule has 0 saturated carbocycles. The number of carbonyl (C=O) groups excluding carboxylic acids is 1. The molecule has 0 aliphatic heterocycles. The van der Waals surface area contributed by atoms with Gasteiger partial charge in [-0.3, -0.25) is 4.39 Å². The van der Waals surface area contributed by atoms with E-state index in [-0.39, 0.29) is 29.0 Å². The number of esters is 1. The molecule has 10 heteroatoms. The number of hydrogen-bond acceptors (Lipinski definition) is 4. The van der Waals surface area contributed by atoms with Gasteiger partial charge >= 0.3 is 10.4 Å². The Morgan fingerprint density at radius 3 is 2.20 bits per heavy atom. The third-order valence-corrected chi connectivity index (χ3v) is 4.27. The average molecular weight is 453 g/mol. The van der Waals surface area contributed by atoms with Crippen molar-refractivity contribution in [3.8, 4) is 0 Å². The number of benzene rings is 1. The second-order valence-corrected chi connectivity index (χ2v) is 7.59. The van der Waals surface area contributed by atoms with E-state index in [0.29, 0.717) is 17.9 Å². The predicted octanol–water partition coefficient (Wildman–Crippen LogP) is 7.33. The maximum absolute atomic E-state index is 11.9. The molecule has 0 heterocycles. The molecule has 25 heavy (non-hydrogen) atoms. The molecule has 0 amide bonds. The minimum absolute atomic E-state index is 0.0825. The van der Waals surface area contributed by atoms with Crippen molar-refractivity contribution in [2.45, 2.75) is 36.6 Å². The summed E-state index contributed by atoms with van der Waals surface area (Å²) in [7, 11) is 0. The highest BCUT2D eigenvalue weighted by Gasteiger charge is 2.36. The Balaban J connectivity index is 2.52. The normalized spacial score (nSPS) is 11.9. The van der Waals surface area contributed by atoms with Crippen molar-refractivity contribution in [2.24, 2.45) is 10.2 Å². The van der Waals surface area contributed by atoms with E-state index in [2.05, 4.69) is 10.2 Å². The number of unbranched alkanes of at least 4 members (excludes halogenated alkanes) is 4. The van der Waals surface area contributed by atoms with E-state index in [4.69, 9.17) is 62.7 Å². The summed E-state index contributed by atoms with van der Waals surface area (Å²) in [6.45, 7) is -0.184. The van der Waals surface area contributed by atoms with E-state index >= 15 is 0 Å². The molecular formula is C15H16Cl5FN2O2. The van der Waals surface area contributed by atoms with Gasteiger partial charge in [0.1, 0.15) is 5.69 Å². The van der Waals surface area contributed by atoms with Crippen LogP contribution >= 0.6 is 58.0 Å². The van der Waals surface area contributed by atoms with Gasteiger partial charge in [-0.25, -0.2) is 4.79 Å². The molecule has 0 unspecified atom stereocenters. The average Bonchev–Trinajstić information content (AvgIpc) is 2.52. The highest BCUT2D eigenvalue weighted by atomic mass is 35.5. The van der Waals surface area contributed by atoms with Gasteiger partial charge in [-0.2, -0.15) is 0 Å². The quantitative estimate of drug-likeness (QED) is 0.123. The number of hydrogen-bond donors (Lipinski definition) is 0. The van der Waals surface area contributed by atoms with Crippen LogP contribution in [0.3, 0.4) is 0 Å². The Kier molecular flexibility index (Phi) is 10.4. The van der Waals surface area contributed by atoms with Crippen molar-refractivity contribution in [1.29, 1.82) is 0 Å². The van der Waals surface area contributed by atoms with Crippen molar-refractivity contribution in [2.75, 3.05) is 13.3 Å². The van der Waals surface area contributed by atoms with Crippen LogP contribution in [0, 0.1) is 0 Å². The molecule has 4 nitrogen and oxygen atoms in total. The van der Waals surface area contributed by atoms with Gasteiger partial charge in [-0.05, 0) is 25.0 Å². The summed E-state index contributed by atoms with van der Waals surface area (Å²) >= 11 is 29.3. The molecule has 0 aliphatic rings. The van der Waals surface area contributed by atoms with E-state index in [1.807, 2.05) is 0 Å². The second kappa shape index (κ2) is 11.4. The highest BCUT2D eigenvalue weighted by Crippen LogP contribution is 2.37. The molecule has 0 saturated heterocycles. The number of azo groups is 1. The van der Waals surface area contributed by atoms with Crippen LogP contribution in [-0.2, 0) is 9.53 Å². The van der Waals surface area contributed by atoms with Gasteiger partial charge in [-0.1, -0.05) is 77.3 Å². The molecule has 0 bridgehead atoms.